The first-order valence-corrected chi connectivity index (χ1v) is 9.56. The first kappa shape index (κ1) is 17.1. The van der Waals surface area contributed by atoms with Gasteiger partial charge >= 0.3 is 0 Å². The molecule has 3 rings (SSSR count). The van der Waals surface area contributed by atoms with Gasteiger partial charge in [0.15, 0.2) is 0 Å². The largest absolute Gasteiger partial charge is 0.381 e. The van der Waals surface area contributed by atoms with Gasteiger partial charge in [0.05, 0.1) is 16.7 Å². The van der Waals surface area contributed by atoms with Crippen LogP contribution in [0, 0.1) is 10.1 Å². The zero-order chi connectivity index (χ0) is 17.2. The summed E-state index contributed by atoms with van der Waals surface area (Å²) in [5.74, 6) is 0. The molecular formula is C15H21N3O5S. The Morgan fingerprint density at radius 1 is 1.29 bits per heavy atom. The minimum Gasteiger partial charge on any atom is -0.381 e. The lowest BCUT2D eigenvalue weighted by atomic mass is 10.2. The lowest BCUT2D eigenvalue weighted by Crippen LogP contribution is -2.29. The Morgan fingerprint density at radius 2 is 2.04 bits per heavy atom. The van der Waals surface area contributed by atoms with Crippen molar-refractivity contribution in [3.8, 4) is 0 Å². The molecule has 2 heterocycles. The highest BCUT2D eigenvalue weighted by Crippen LogP contribution is 2.31. The molecule has 1 aromatic rings. The molecule has 2 saturated heterocycles. The van der Waals surface area contributed by atoms with Crippen LogP contribution in [0.5, 0.6) is 0 Å². The number of nitro benzene ring substituents is 1. The van der Waals surface area contributed by atoms with Crippen molar-refractivity contribution in [2.45, 2.75) is 36.7 Å². The third-order valence-corrected chi connectivity index (χ3v) is 6.34. The van der Waals surface area contributed by atoms with Gasteiger partial charge in [0.1, 0.15) is 4.90 Å². The molecule has 0 amide bonds. The zero-order valence-corrected chi connectivity index (χ0v) is 14.1. The van der Waals surface area contributed by atoms with E-state index in [4.69, 9.17) is 4.74 Å². The number of non-ortho nitro benzene ring substituents is 1. The summed E-state index contributed by atoms with van der Waals surface area (Å²) >= 11 is 0. The van der Waals surface area contributed by atoms with Crippen molar-refractivity contribution in [1.82, 2.24) is 4.31 Å². The maximum absolute atomic E-state index is 12.9. The number of nitrogens with one attached hydrogen (secondary N) is 1. The van der Waals surface area contributed by atoms with Crippen LogP contribution in [-0.4, -0.2) is 50.0 Å². The number of anilines is 1. The summed E-state index contributed by atoms with van der Waals surface area (Å²) in [4.78, 5) is 10.4. The number of rotatable bonds is 6. The smallest absolute Gasteiger partial charge is 0.270 e. The van der Waals surface area contributed by atoms with E-state index in [-0.39, 0.29) is 16.7 Å². The Hall–Kier alpha value is -1.71. The second kappa shape index (κ2) is 7.04. The van der Waals surface area contributed by atoms with Crippen LogP contribution in [-0.2, 0) is 14.8 Å². The highest BCUT2D eigenvalue weighted by molar-refractivity contribution is 7.89. The van der Waals surface area contributed by atoms with Gasteiger partial charge in [-0.1, -0.05) is 0 Å². The number of ether oxygens (including phenoxy) is 1. The summed E-state index contributed by atoms with van der Waals surface area (Å²) < 4.78 is 32.6. The van der Waals surface area contributed by atoms with E-state index in [1.165, 1.54) is 16.4 Å². The van der Waals surface area contributed by atoms with Gasteiger partial charge in [-0.2, -0.15) is 4.31 Å². The van der Waals surface area contributed by atoms with E-state index in [1.807, 2.05) is 0 Å². The van der Waals surface area contributed by atoms with Crippen molar-refractivity contribution in [3.05, 3.63) is 28.3 Å². The van der Waals surface area contributed by atoms with Gasteiger partial charge in [-0.25, -0.2) is 8.42 Å². The van der Waals surface area contributed by atoms with Crippen LogP contribution in [0.4, 0.5) is 11.4 Å². The number of hydrogen-bond donors (Lipinski definition) is 1. The van der Waals surface area contributed by atoms with E-state index >= 15 is 0 Å². The number of benzene rings is 1. The molecule has 0 spiro atoms. The number of hydrogen-bond acceptors (Lipinski definition) is 6. The molecule has 1 N–H and O–H groups in total. The summed E-state index contributed by atoms with van der Waals surface area (Å²) in [6.45, 7) is 2.11. The number of nitro groups is 1. The highest BCUT2D eigenvalue weighted by Gasteiger charge is 2.31. The van der Waals surface area contributed by atoms with Crippen molar-refractivity contribution in [2.75, 3.05) is 31.6 Å². The minimum absolute atomic E-state index is 0.0309. The van der Waals surface area contributed by atoms with E-state index in [9.17, 15) is 18.5 Å². The predicted octanol–water partition coefficient (Wildman–Crippen LogP) is 1.97. The van der Waals surface area contributed by atoms with Gasteiger partial charge in [0.2, 0.25) is 10.0 Å². The van der Waals surface area contributed by atoms with Crippen LogP contribution >= 0.6 is 0 Å². The van der Waals surface area contributed by atoms with E-state index < -0.39 is 14.9 Å². The van der Waals surface area contributed by atoms with Gasteiger partial charge in [-0.15, -0.1) is 0 Å². The van der Waals surface area contributed by atoms with Crippen LogP contribution in [0.2, 0.25) is 0 Å². The molecule has 9 heteroatoms. The van der Waals surface area contributed by atoms with Crippen LogP contribution < -0.4 is 5.32 Å². The highest BCUT2D eigenvalue weighted by atomic mass is 32.2. The average molecular weight is 355 g/mol. The Kier molecular flexibility index (Phi) is 5.02. The average Bonchev–Trinajstić information content (AvgIpc) is 3.26. The summed E-state index contributed by atoms with van der Waals surface area (Å²) in [6, 6.07) is 3.93. The molecule has 2 aliphatic heterocycles. The van der Waals surface area contributed by atoms with Crippen molar-refractivity contribution in [1.29, 1.82) is 0 Å². The van der Waals surface area contributed by atoms with E-state index in [0.29, 0.717) is 31.9 Å². The topological polar surface area (TPSA) is 102 Å². The van der Waals surface area contributed by atoms with Crippen molar-refractivity contribution < 1.29 is 18.1 Å². The second-order valence-corrected chi connectivity index (χ2v) is 7.97. The fraction of sp³-hybridized carbons (Fsp3) is 0.600. The van der Waals surface area contributed by atoms with Crippen LogP contribution in [0.25, 0.3) is 0 Å². The Balaban J connectivity index is 1.90. The lowest BCUT2D eigenvalue weighted by Gasteiger charge is -2.19. The molecule has 0 unspecified atom stereocenters. The summed E-state index contributed by atoms with van der Waals surface area (Å²) in [6.07, 6.45) is 3.59. The first-order valence-electron chi connectivity index (χ1n) is 8.12. The molecule has 8 nitrogen and oxygen atoms in total. The van der Waals surface area contributed by atoms with E-state index in [2.05, 4.69) is 5.32 Å². The molecule has 24 heavy (non-hydrogen) atoms. The first-order chi connectivity index (χ1) is 11.5. The molecule has 2 fully saturated rings. The van der Waals surface area contributed by atoms with Crippen molar-refractivity contribution in [3.63, 3.8) is 0 Å². The maximum atomic E-state index is 12.9. The molecule has 1 aromatic carbocycles. The molecular weight excluding hydrogens is 334 g/mol. The third-order valence-electron chi connectivity index (χ3n) is 4.40. The van der Waals surface area contributed by atoms with Gasteiger partial charge in [0.25, 0.3) is 5.69 Å². The lowest BCUT2D eigenvalue weighted by molar-refractivity contribution is -0.385. The summed E-state index contributed by atoms with van der Waals surface area (Å²) in [5.41, 5.74) is 0.165. The Bertz CT molecular complexity index is 710. The molecule has 2 aliphatic rings. The van der Waals surface area contributed by atoms with Gasteiger partial charge in [0, 0.05) is 38.4 Å². The summed E-state index contributed by atoms with van der Waals surface area (Å²) in [5, 5.41) is 14.1. The molecule has 0 aromatic heterocycles. The van der Waals surface area contributed by atoms with Crippen molar-refractivity contribution >= 4 is 21.4 Å². The minimum atomic E-state index is -3.75. The van der Waals surface area contributed by atoms with Crippen molar-refractivity contribution in [2.24, 2.45) is 0 Å². The Labute approximate surface area is 141 Å². The van der Waals surface area contributed by atoms with Gasteiger partial charge in [-0.3, -0.25) is 10.1 Å². The summed E-state index contributed by atoms with van der Waals surface area (Å²) in [7, 11) is -3.75. The fourth-order valence-corrected chi connectivity index (χ4v) is 4.79. The molecule has 0 saturated carbocycles. The molecule has 1 atom stereocenters. The van der Waals surface area contributed by atoms with Gasteiger partial charge in [-0.05, 0) is 31.7 Å². The standard InChI is InChI=1S/C15H21N3O5S/c19-18(20)12-5-6-14(16-11-13-4-3-9-23-13)15(10-12)24(21,22)17-7-1-2-8-17/h5-6,10,13,16H,1-4,7-9,11H2/t13-/m1/s1. The predicted molar refractivity (Wildman–Crippen MR) is 88.6 cm³/mol. The molecule has 0 bridgehead atoms. The van der Waals surface area contributed by atoms with Crippen LogP contribution in [0.15, 0.2) is 23.1 Å². The quantitative estimate of drug-likeness (QED) is 0.618. The maximum Gasteiger partial charge on any atom is 0.270 e. The molecule has 0 radical (unpaired) electrons. The SMILES string of the molecule is O=[N+]([O-])c1ccc(NC[C@H]2CCCO2)c(S(=O)(=O)N2CCCC2)c1. The van der Waals surface area contributed by atoms with Crippen LogP contribution in [0.1, 0.15) is 25.7 Å². The Morgan fingerprint density at radius 3 is 2.67 bits per heavy atom. The third kappa shape index (κ3) is 3.52. The number of nitrogens with zero attached hydrogens (tertiary/aromatic N) is 2. The zero-order valence-electron chi connectivity index (χ0n) is 13.3. The fourth-order valence-electron chi connectivity index (χ4n) is 3.08. The number of sulfonamides is 1. The van der Waals surface area contributed by atoms with E-state index in [0.717, 1.165) is 31.7 Å². The monoisotopic (exact) mass is 355 g/mol. The second-order valence-electron chi connectivity index (χ2n) is 6.06. The molecule has 132 valence electrons. The van der Waals surface area contributed by atoms with Crippen LogP contribution in [0.3, 0.4) is 0 Å². The van der Waals surface area contributed by atoms with Gasteiger partial charge < -0.3 is 10.1 Å². The molecule has 0 aliphatic carbocycles. The van der Waals surface area contributed by atoms with E-state index in [1.54, 1.807) is 0 Å². The normalized spacial score (nSPS) is 21.9.